The summed E-state index contributed by atoms with van der Waals surface area (Å²) in [6.07, 6.45) is 9.06. The standard InChI is InChI=1S/C22H34O3/c1-15(9-12-25-18(4)23)7-10-21(5)16(2)8-11-22(6)17(3)13-19(24)14-20(21)22/h9,13,16,20H,7-8,10-12,14H2,1-6H3/b15-9+/t16-,20-,21+,22+/m1/s1. The molecule has 0 N–H and O–H groups in total. The molecule has 0 radical (unpaired) electrons. The highest BCUT2D eigenvalue weighted by molar-refractivity contribution is 5.92. The van der Waals surface area contributed by atoms with E-state index in [1.54, 1.807) is 0 Å². The van der Waals surface area contributed by atoms with Crippen LogP contribution in [0.2, 0.25) is 0 Å². The van der Waals surface area contributed by atoms with E-state index in [9.17, 15) is 9.59 Å². The second-order valence-electron chi connectivity index (χ2n) is 8.77. The molecule has 1 fully saturated rings. The second kappa shape index (κ2) is 7.47. The average Bonchev–Trinajstić information content (AvgIpc) is 2.52. The van der Waals surface area contributed by atoms with Crippen LogP contribution in [0.25, 0.3) is 0 Å². The number of carbonyl (C=O) groups is 2. The molecule has 3 heteroatoms. The van der Waals surface area contributed by atoms with E-state index in [1.807, 2.05) is 12.2 Å². The monoisotopic (exact) mass is 346 g/mol. The normalized spacial score (nSPS) is 35.8. The molecular formula is C22H34O3. The molecule has 0 aromatic rings. The maximum Gasteiger partial charge on any atom is 0.302 e. The van der Waals surface area contributed by atoms with Crippen LogP contribution in [0.15, 0.2) is 23.3 Å². The minimum absolute atomic E-state index is 0.157. The van der Waals surface area contributed by atoms with E-state index in [1.165, 1.54) is 30.9 Å². The van der Waals surface area contributed by atoms with Crippen molar-refractivity contribution in [1.29, 1.82) is 0 Å². The zero-order valence-electron chi connectivity index (χ0n) is 16.8. The SMILES string of the molecule is CC(=O)OC/C=C(\C)CC[C@@]1(C)[C@H](C)CC[C@@]2(C)C(C)=CC(=O)C[C@H]12. The van der Waals surface area contributed by atoms with Crippen LogP contribution in [0.5, 0.6) is 0 Å². The molecule has 0 aliphatic heterocycles. The first-order valence-corrected chi connectivity index (χ1v) is 9.60. The van der Waals surface area contributed by atoms with E-state index in [0.717, 1.165) is 12.8 Å². The van der Waals surface area contributed by atoms with Crippen molar-refractivity contribution in [3.8, 4) is 0 Å². The zero-order chi connectivity index (χ0) is 18.8. The number of carbonyl (C=O) groups excluding carboxylic acids is 2. The quantitative estimate of drug-likeness (QED) is 0.504. The fraction of sp³-hybridized carbons (Fsp3) is 0.727. The lowest BCUT2D eigenvalue weighted by atomic mass is 9.47. The van der Waals surface area contributed by atoms with Crippen LogP contribution in [0.3, 0.4) is 0 Å². The van der Waals surface area contributed by atoms with Gasteiger partial charge in [-0.1, -0.05) is 31.9 Å². The lowest BCUT2D eigenvalue weighted by Crippen LogP contribution is -2.50. The Bertz CT molecular complexity index is 600. The van der Waals surface area contributed by atoms with Crippen molar-refractivity contribution in [1.82, 2.24) is 0 Å². The highest BCUT2D eigenvalue weighted by Crippen LogP contribution is 2.61. The third-order valence-corrected chi connectivity index (χ3v) is 7.25. The van der Waals surface area contributed by atoms with Crippen molar-refractivity contribution in [3.63, 3.8) is 0 Å². The molecule has 2 aliphatic rings. The van der Waals surface area contributed by atoms with E-state index in [-0.39, 0.29) is 16.8 Å². The number of rotatable bonds is 5. The predicted octanol–water partition coefficient (Wildman–Crippen LogP) is 5.25. The van der Waals surface area contributed by atoms with Crippen molar-refractivity contribution in [2.75, 3.05) is 6.61 Å². The molecule has 140 valence electrons. The summed E-state index contributed by atoms with van der Waals surface area (Å²) in [7, 11) is 0. The smallest absolute Gasteiger partial charge is 0.302 e. The van der Waals surface area contributed by atoms with Gasteiger partial charge in [0.05, 0.1) is 0 Å². The minimum Gasteiger partial charge on any atom is -0.462 e. The van der Waals surface area contributed by atoms with Crippen LogP contribution < -0.4 is 0 Å². The molecule has 0 heterocycles. The van der Waals surface area contributed by atoms with Gasteiger partial charge >= 0.3 is 5.97 Å². The number of esters is 1. The Hall–Kier alpha value is -1.38. The molecule has 0 saturated heterocycles. The van der Waals surface area contributed by atoms with Gasteiger partial charge < -0.3 is 4.74 Å². The maximum absolute atomic E-state index is 12.3. The van der Waals surface area contributed by atoms with E-state index < -0.39 is 0 Å². The minimum atomic E-state index is -0.240. The summed E-state index contributed by atoms with van der Waals surface area (Å²) >= 11 is 0. The average molecular weight is 347 g/mol. The first kappa shape index (κ1) is 19.9. The van der Waals surface area contributed by atoms with Crippen molar-refractivity contribution < 1.29 is 14.3 Å². The first-order chi connectivity index (χ1) is 11.6. The largest absolute Gasteiger partial charge is 0.462 e. The first-order valence-electron chi connectivity index (χ1n) is 9.60. The molecule has 25 heavy (non-hydrogen) atoms. The van der Waals surface area contributed by atoms with Crippen LogP contribution in [0.1, 0.15) is 73.6 Å². The summed E-state index contributed by atoms with van der Waals surface area (Å²) in [5.74, 6) is 1.09. The molecule has 4 atom stereocenters. The van der Waals surface area contributed by atoms with Gasteiger partial charge in [0.2, 0.25) is 0 Å². The third-order valence-electron chi connectivity index (χ3n) is 7.25. The van der Waals surface area contributed by atoms with Gasteiger partial charge in [-0.2, -0.15) is 0 Å². The van der Waals surface area contributed by atoms with Gasteiger partial charge in [-0.15, -0.1) is 0 Å². The fourth-order valence-corrected chi connectivity index (χ4v) is 4.98. The molecule has 1 saturated carbocycles. The number of fused-ring (bicyclic) bond motifs is 1. The molecule has 0 unspecified atom stereocenters. The van der Waals surface area contributed by atoms with Gasteiger partial charge in [0.1, 0.15) is 6.61 Å². The van der Waals surface area contributed by atoms with E-state index in [0.29, 0.717) is 30.6 Å². The Balaban J connectivity index is 2.15. The summed E-state index contributed by atoms with van der Waals surface area (Å²) in [6, 6.07) is 0. The van der Waals surface area contributed by atoms with Crippen LogP contribution in [-0.2, 0) is 14.3 Å². The molecule has 3 nitrogen and oxygen atoms in total. The number of ketones is 1. The van der Waals surface area contributed by atoms with Crippen LogP contribution in [-0.4, -0.2) is 18.4 Å². The Morgan fingerprint density at radius 3 is 2.68 bits per heavy atom. The molecule has 2 aliphatic carbocycles. The molecule has 0 spiro atoms. The summed E-state index contributed by atoms with van der Waals surface area (Å²) in [5, 5.41) is 0. The highest BCUT2D eigenvalue weighted by Gasteiger charge is 2.54. The van der Waals surface area contributed by atoms with E-state index in [2.05, 4.69) is 34.6 Å². The lowest BCUT2D eigenvalue weighted by molar-refractivity contribution is -0.139. The van der Waals surface area contributed by atoms with Crippen molar-refractivity contribution in [2.24, 2.45) is 22.7 Å². The summed E-state index contributed by atoms with van der Waals surface area (Å²) in [6.45, 7) is 13.2. The number of allylic oxidation sites excluding steroid dienone is 3. The third kappa shape index (κ3) is 4.07. The van der Waals surface area contributed by atoms with Crippen LogP contribution in [0.4, 0.5) is 0 Å². The molecule has 0 aromatic carbocycles. The van der Waals surface area contributed by atoms with E-state index in [4.69, 9.17) is 4.74 Å². The Labute approximate surface area is 152 Å². The summed E-state index contributed by atoms with van der Waals surface area (Å²) in [4.78, 5) is 23.2. The van der Waals surface area contributed by atoms with Crippen molar-refractivity contribution in [2.45, 2.75) is 73.6 Å². The van der Waals surface area contributed by atoms with E-state index >= 15 is 0 Å². The zero-order valence-corrected chi connectivity index (χ0v) is 16.8. The van der Waals surface area contributed by atoms with Gasteiger partial charge in [-0.25, -0.2) is 0 Å². The summed E-state index contributed by atoms with van der Waals surface area (Å²) in [5.41, 5.74) is 2.85. The van der Waals surface area contributed by atoms with Crippen molar-refractivity contribution in [3.05, 3.63) is 23.3 Å². The van der Waals surface area contributed by atoms with Crippen LogP contribution in [0, 0.1) is 22.7 Å². The summed E-state index contributed by atoms with van der Waals surface area (Å²) < 4.78 is 5.01. The molecule has 2 rings (SSSR count). The number of hydrogen-bond acceptors (Lipinski definition) is 3. The molecule has 0 amide bonds. The van der Waals surface area contributed by atoms with Gasteiger partial charge in [0, 0.05) is 13.3 Å². The Morgan fingerprint density at radius 2 is 2.04 bits per heavy atom. The maximum atomic E-state index is 12.3. The Morgan fingerprint density at radius 1 is 1.36 bits per heavy atom. The second-order valence-corrected chi connectivity index (χ2v) is 8.77. The van der Waals surface area contributed by atoms with Gasteiger partial charge in [0.15, 0.2) is 5.78 Å². The highest BCUT2D eigenvalue weighted by atomic mass is 16.5. The van der Waals surface area contributed by atoms with Gasteiger partial charge in [-0.3, -0.25) is 9.59 Å². The number of ether oxygens (including phenoxy) is 1. The van der Waals surface area contributed by atoms with Gasteiger partial charge in [-0.05, 0) is 74.3 Å². The predicted molar refractivity (Wildman–Crippen MR) is 101 cm³/mol. The van der Waals surface area contributed by atoms with Crippen LogP contribution >= 0.6 is 0 Å². The molecule has 0 bridgehead atoms. The molecule has 0 aromatic heterocycles. The lowest BCUT2D eigenvalue weighted by Gasteiger charge is -2.57. The number of hydrogen-bond donors (Lipinski definition) is 0. The topological polar surface area (TPSA) is 43.4 Å². The van der Waals surface area contributed by atoms with Crippen molar-refractivity contribution >= 4 is 11.8 Å². The van der Waals surface area contributed by atoms with Gasteiger partial charge in [0.25, 0.3) is 0 Å². The fourth-order valence-electron chi connectivity index (χ4n) is 4.98. The Kier molecular flexibility index (Phi) is 5.96. The molecular weight excluding hydrogens is 312 g/mol.